The van der Waals surface area contributed by atoms with Crippen molar-refractivity contribution in [1.82, 2.24) is 0 Å². The predicted molar refractivity (Wildman–Crippen MR) is 79.6 cm³/mol. The van der Waals surface area contributed by atoms with E-state index in [1.54, 1.807) is 0 Å². The Labute approximate surface area is 129 Å². The third-order valence-electron chi connectivity index (χ3n) is 3.44. The van der Waals surface area contributed by atoms with E-state index >= 15 is 0 Å². The fraction of sp³-hybridized carbons (Fsp3) is 0.214. The van der Waals surface area contributed by atoms with E-state index in [0.29, 0.717) is 0 Å². The second kappa shape index (κ2) is 6.36. The van der Waals surface area contributed by atoms with E-state index < -0.39 is 27.2 Å². The van der Waals surface area contributed by atoms with Gasteiger partial charge in [-0.05, 0) is 12.8 Å². The molecule has 0 aliphatic carbocycles. The number of carboxylic acid groups (broad SMARTS) is 1. The maximum Gasteiger partial charge on any atom is 0.336 e. The molecule has 0 aliphatic rings. The number of nitrogens with zero attached hydrogens (tertiary/aromatic N) is 2. The third-order valence-corrected chi connectivity index (χ3v) is 3.44. The van der Waals surface area contributed by atoms with Gasteiger partial charge in [0.1, 0.15) is 0 Å². The van der Waals surface area contributed by atoms with Gasteiger partial charge in [0.2, 0.25) is 0 Å². The van der Waals surface area contributed by atoms with Gasteiger partial charge < -0.3 is 10.2 Å². The zero-order chi connectivity index (χ0) is 17.1. The lowest BCUT2D eigenvalue weighted by Gasteiger charge is -2.10. The lowest BCUT2D eigenvalue weighted by atomic mass is 9.93. The van der Waals surface area contributed by atoms with Crippen LogP contribution >= 0.6 is 0 Å². The smallest absolute Gasteiger partial charge is 0.336 e. The van der Waals surface area contributed by atoms with Crippen molar-refractivity contribution in [3.05, 3.63) is 55.6 Å². The number of hydrogen-bond acceptors (Lipinski definition) is 6. The minimum absolute atomic E-state index is 0.0208. The molecule has 0 saturated heterocycles. The van der Waals surface area contributed by atoms with Crippen LogP contribution in [0.1, 0.15) is 22.3 Å². The number of benzene rings is 2. The van der Waals surface area contributed by atoms with E-state index in [2.05, 4.69) is 0 Å². The van der Waals surface area contributed by atoms with Crippen LogP contribution in [0.4, 0.5) is 11.4 Å². The summed E-state index contributed by atoms with van der Waals surface area (Å²) >= 11 is 0. The normalized spacial score (nSPS) is 10.7. The summed E-state index contributed by atoms with van der Waals surface area (Å²) in [5, 5.41) is 40.7. The molecule has 9 heteroatoms. The molecule has 2 N–H and O–H groups in total. The number of carbonyl (C=O) groups is 1. The first kappa shape index (κ1) is 16.3. The molecule has 0 aliphatic heterocycles. The van der Waals surface area contributed by atoms with Crippen molar-refractivity contribution in [2.24, 2.45) is 0 Å². The minimum Gasteiger partial charge on any atom is -0.478 e. The molecule has 0 aromatic heterocycles. The van der Waals surface area contributed by atoms with Crippen molar-refractivity contribution in [2.45, 2.75) is 12.8 Å². The average molecular weight is 320 g/mol. The fourth-order valence-corrected chi connectivity index (χ4v) is 2.51. The Balaban J connectivity index is 2.95. The predicted octanol–water partition coefficient (Wildman–Crippen LogP) is 2.28. The van der Waals surface area contributed by atoms with Gasteiger partial charge in [0.15, 0.2) is 0 Å². The minimum atomic E-state index is -1.41. The SMILES string of the molecule is O=C(O)c1c(CCCO)c([N+](=O)[O-])cc2c([N+](=O)[O-])cccc12. The molecule has 0 spiro atoms. The Kier molecular flexibility index (Phi) is 4.51. The first-order chi connectivity index (χ1) is 10.9. The zero-order valence-electron chi connectivity index (χ0n) is 11.8. The van der Waals surface area contributed by atoms with Crippen LogP contribution < -0.4 is 0 Å². The number of aromatic carboxylic acids is 1. The standard InChI is InChI=1S/C14H12N2O7/c17-6-2-4-9-12(16(22)23)7-10-8(13(9)14(18)19)3-1-5-11(10)15(20)21/h1,3,5,7,17H,2,4,6H2,(H,18,19). The van der Waals surface area contributed by atoms with Gasteiger partial charge in [-0.2, -0.15) is 0 Å². The highest BCUT2D eigenvalue weighted by Crippen LogP contribution is 2.36. The molecule has 0 bridgehead atoms. The summed E-state index contributed by atoms with van der Waals surface area (Å²) in [6.45, 7) is -0.261. The van der Waals surface area contributed by atoms with E-state index in [0.717, 1.165) is 12.1 Å². The van der Waals surface area contributed by atoms with E-state index in [4.69, 9.17) is 5.11 Å². The van der Waals surface area contributed by atoms with Gasteiger partial charge in [-0.15, -0.1) is 0 Å². The molecule has 0 atom stereocenters. The maximum absolute atomic E-state index is 11.6. The largest absolute Gasteiger partial charge is 0.478 e. The third kappa shape index (κ3) is 2.94. The highest BCUT2D eigenvalue weighted by atomic mass is 16.6. The molecule has 9 nitrogen and oxygen atoms in total. The highest BCUT2D eigenvalue weighted by molar-refractivity contribution is 6.09. The van der Waals surface area contributed by atoms with Gasteiger partial charge in [0.05, 0.1) is 20.8 Å². The first-order valence-corrected chi connectivity index (χ1v) is 6.60. The number of fused-ring (bicyclic) bond motifs is 1. The van der Waals surface area contributed by atoms with Crippen LogP contribution in [-0.4, -0.2) is 32.6 Å². The molecular weight excluding hydrogens is 308 g/mol. The number of carboxylic acids is 1. The monoisotopic (exact) mass is 320 g/mol. The van der Waals surface area contributed by atoms with Crippen molar-refractivity contribution < 1.29 is 24.9 Å². The van der Waals surface area contributed by atoms with Crippen LogP contribution in [0, 0.1) is 20.2 Å². The van der Waals surface area contributed by atoms with E-state index in [1.807, 2.05) is 0 Å². The first-order valence-electron chi connectivity index (χ1n) is 6.60. The van der Waals surface area contributed by atoms with Crippen LogP contribution in [-0.2, 0) is 6.42 Å². The summed E-state index contributed by atoms with van der Waals surface area (Å²) in [5.74, 6) is -1.41. The molecule has 2 rings (SSSR count). The Morgan fingerprint density at radius 3 is 2.26 bits per heavy atom. The lowest BCUT2D eigenvalue weighted by molar-refractivity contribution is -0.386. The number of rotatable bonds is 6. The highest BCUT2D eigenvalue weighted by Gasteiger charge is 2.27. The van der Waals surface area contributed by atoms with Crippen molar-refractivity contribution in [3.8, 4) is 0 Å². The molecule has 23 heavy (non-hydrogen) atoms. The molecule has 0 unspecified atom stereocenters. The van der Waals surface area contributed by atoms with Crippen LogP contribution in [0.15, 0.2) is 24.3 Å². The average Bonchev–Trinajstić information content (AvgIpc) is 2.50. The quantitative estimate of drug-likeness (QED) is 0.613. The summed E-state index contributed by atoms with van der Waals surface area (Å²) in [5.41, 5.74) is -1.30. The van der Waals surface area contributed by atoms with Crippen molar-refractivity contribution in [1.29, 1.82) is 0 Å². The Bertz CT molecular complexity index is 816. The summed E-state index contributed by atoms with van der Waals surface area (Å²) < 4.78 is 0. The number of aliphatic hydroxyl groups is 1. The molecule has 2 aromatic carbocycles. The summed E-state index contributed by atoms with van der Waals surface area (Å²) in [6.07, 6.45) is 0.120. The fourth-order valence-electron chi connectivity index (χ4n) is 2.51. The molecule has 0 fully saturated rings. The van der Waals surface area contributed by atoms with Gasteiger partial charge in [0.25, 0.3) is 11.4 Å². The van der Waals surface area contributed by atoms with Crippen LogP contribution in [0.25, 0.3) is 10.8 Å². The van der Waals surface area contributed by atoms with Crippen LogP contribution in [0.3, 0.4) is 0 Å². The topological polar surface area (TPSA) is 144 Å². The summed E-state index contributed by atoms with van der Waals surface area (Å²) in [7, 11) is 0. The lowest BCUT2D eigenvalue weighted by Crippen LogP contribution is -2.09. The number of nitro benzene ring substituents is 2. The number of nitro groups is 2. The second-order valence-corrected chi connectivity index (χ2v) is 4.77. The number of non-ortho nitro benzene ring substituents is 1. The van der Waals surface area contributed by atoms with Crippen molar-refractivity contribution in [3.63, 3.8) is 0 Å². The Morgan fingerprint density at radius 1 is 1.09 bits per heavy atom. The van der Waals surface area contributed by atoms with Gasteiger partial charge in [0, 0.05) is 29.7 Å². The maximum atomic E-state index is 11.6. The molecule has 2 aromatic rings. The van der Waals surface area contributed by atoms with Gasteiger partial charge in [-0.3, -0.25) is 20.2 Å². The Morgan fingerprint density at radius 2 is 1.74 bits per heavy atom. The number of aliphatic hydroxyl groups excluding tert-OH is 1. The van der Waals surface area contributed by atoms with E-state index in [9.17, 15) is 30.1 Å². The molecule has 0 saturated carbocycles. The van der Waals surface area contributed by atoms with E-state index in [1.165, 1.54) is 12.1 Å². The number of hydrogen-bond donors (Lipinski definition) is 2. The summed E-state index contributed by atoms with van der Waals surface area (Å²) in [4.78, 5) is 32.5. The Hall–Kier alpha value is -3.07. The summed E-state index contributed by atoms with van der Waals surface area (Å²) in [6, 6.07) is 4.88. The van der Waals surface area contributed by atoms with Crippen LogP contribution in [0.2, 0.25) is 0 Å². The van der Waals surface area contributed by atoms with Gasteiger partial charge in [-0.25, -0.2) is 4.79 Å². The van der Waals surface area contributed by atoms with Gasteiger partial charge >= 0.3 is 5.97 Å². The molecule has 0 heterocycles. The van der Waals surface area contributed by atoms with Crippen molar-refractivity contribution >= 4 is 28.1 Å². The van der Waals surface area contributed by atoms with Crippen LogP contribution in [0.5, 0.6) is 0 Å². The van der Waals surface area contributed by atoms with Crippen molar-refractivity contribution in [2.75, 3.05) is 6.61 Å². The molecular formula is C14H12N2O7. The van der Waals surface area contributed by atoms with E-state index in [-0.39, 0.29) is 41.3 Å². The second-order valence-electron chi connectivity index (χ2n) is 4.77. The molecule has 120 valence electrons. The molecule has 0 radical (unpaired) electrons. The van der Waals surface area contributed by atoms with Gasteiger partial charge in [-0.1, -0.05) is 12.1 Å². The zero-order valence-corrected chi connectivity index (χ0v) is 11.8. The molecule has 0 amide bonds.